The summed E-state index contributed by atoms with van der Waals surface area (Å²) in [6.07, 6.45) is 1.41. The summed E-state index contributed by atoms with van der Waals surface area (Å²) in [5.41, 5.74) is 6.61. The maximum absolute atomic E-state index is 13.5. The molecule has 2 atom stereocenters. The third-order valence-electron chi connectivity index (χ3n) is 6.16. The van der Waals surface area contributed by atoms with Crippen molar-refractivity contribution >= 4 is 22.5 Å². The fourth-order valence-electron chi connectivity index (χ4n) is 4.58. The van der Waals surface area contributed by atoms with Gasteiger partial charge in [0.15, 0.2) is 11.5 Å². The van der Waals surface area contributed by atoms with E-state index in [4.69, 9.17) is 10.3 Å². The number of nitrogen functional groups attached to an aromatic ring is 1. The zero-order valence-corrected chi connectivity index (χ0v) is 16.3. The molecule has 0 spiro atoms. The number of fused-ring (bicyclic) bond motifs is 2. The van der Waals surface area contributed by atoms with Crippen LogP contribution in [0.2, 0.25) is 0 Å². The van der Waals surface area contributed by atoms with Crippen molar-refractivity contribution in [1.82, 2.24) is 24.7 Å². The van der Waals surface area contributed by atoms with E-state index in [2.05, 4.69) is 25.0 Å². The number of halogens is 1. The van der Waals surface area contributed by atoms with E-state index < -0.39 is 0 Å². The maximum Gasteiger partial charge on any atom is 0.263 e. The van der Waals surface area contributed by atoms with E-state index in [0.717, 1.165) is 18.8 Å². The van der Waals surface area contributed by atoms with Gasteiger partial charge in [-0.25, -0.2) is 14.4 Å². The lowest BCUT2D eigenvalue weighted by Gasteiger charge is -2.21. The molecule has 0 bridgehead atoms. The molecule has 3 aromatic heterocycles. The minimum atomic E-state index is -0.244. The van der Waals surface area contributed by atoms with Crippen molar-refractivity contribution in [2.45, 2.75) is 12.5 Å². The van der Waals surface area contributed by atoms with Crippen molar-refractivity contribution < 1.29 is 8.91 Å². The second kappa shape index (κ2) is 6.59. The Morgan fingerprint density at radius 1 is 1.16 bits per heavy atom. The second-order valence-corrected chi connectivity index (χ2v) is 8.07. The van der Waals surface area contributed by atoms with E-state index in [1.54, 1.807) is 24.3 Å². The number of piperidine rings is 1. The van der Waals surface area contributed by atoms with Gasteiger partial charge in [-0.2, -0.15) is 4.98 Å². The minimum Gasteiger partial charge on any atom is -0.384 e. The van der Waals surface area contributed by atoms with Crippen LogP contribution in [-0.4, -0.2) is 37.8 Å². The molecule has 4 aromatic rings. The van der Waals surface area contributed by atoms with E-state index in [1.165, 1.54) is 17.0 Å². The first-order valence-electron chi connectivity index (χ1n) is 10.0. The molecule has 10 heteroatoms. The van der Waals surface area contributed by atoms with Crippen LogP contribution < -0.4 is 16.2 Å². The third-order valence-corrected chi connectivity index (χ3v) is 6.16. The SMILES string of the molecule is Nc1ccc2c(=O)n(Cc3nc(C4C5CN(c6cccc(F)c6)CC54)no3)cnc2n1. The van der Waals surface area contributed by atoms with Crippen LogP contribution in [0.5, 0.6) is 0 Å². The summed E-state index contributed by atoms with van der Waals surface area (Å²) in [6, 6.07) is 9.84. The predicted octanol–water partition coefficient (Wildman–Crippen LogP) is 1.79. The van der Waals surface area contributed by atoms with E-state index in [0.29, 0.717) is 40.4 Å². The number of nitrogens with zero attached hydrogens (tertiary/aromatic N) is 6. The number of aromatic nitrogens is 5. The van der Waals surface area contributed by atoms with Crippen molar-refractivity contribution in [2.24, 2.45) is 11.8 Å². The molecule has 1 aromatic carbocycles. The molecular formula is C21H18FN7O2. The second-order valence-electron chi connectivity index (χ2n) is 8.07. The number of nitrogens with two attached hydrogens (primary N) is 1. The Kier molecular flexibility index (Phi) is 3.83. The summed E-state index contributed by atoms with van der Waals surface area (Å²) < 4.78 is 20.3. The smallest absolute Gasteiger partial charge is 0.263 e. The molecule has 6 rings (SSSR count). The number of anilines is 2. The average molecular weight is 419 g/mol. The molecule has 2 fully saturated rings. The van der Waals surface area contributed by atoms with E-state index in [9.17, 15) is 9.18 Å². The molecule has 156 valence electrons. The molecular weight excluding hydrogens is 401 g/mol. The Balaban J connectivity index is 1.16. The van der Waals surface area contributed by atoms with Gasteiger partial charge in [-0.3, -0.25) is 9.36 Å². The average Bonchev–Trinajstić information content (AvgIpc) is 3.08. The first kappa shape index (κ1) is 18.0. The topological polar surface area (TPSA) is 116 Å². The van der Waals surface area contributed by atoms with Crippen LogP contribution in [0.1, 0.15) is 17.6 Å². The maximum atomic E-state index is 13.5. The first-order chi connectivity index (χ1) is 15.1. The molecule has 31 heavy (non-hydrogen) atoms. The molecule has 9 nitrogen and oxygen atoms in total. The Morgan fingerprint density at radius 2 is 2.00 bits per heavy atom. The van der Waals surface area contributed by atoms with Crippen molar-refractivity contribution in [1.29, 1.82) is 0 Å². The molecule has 2 N–H and O–H groups in total. The number of rotatable bonds is 4. The number of hydrogen-bond donors (Lipinski definition) is 1. The highest BCUT2D eigenvalue weighted by Crippen LogP contribution is 2.57. The number of benzene rings is 1. The van der Waals surface area contributed by atoms with E-state index in [-0.39, 0.29) is 23.8 Å². The van der Waals surface area contributed by atoms with Gasteiger partial charge in [-0.15, -0.1) is 0 Å². The highest BCUT2D eigenvalue weighted by Gasteiger charge is 2.58. The van der Waals surface area contributed by atoms with E-state index in [1.807, 2.05) is 6.07 Å². The molecule has 1 aliphatic carbocycles. The third kappa shape index (κ3) is 3.02. The van der Waals surface area contributed by atoms with Crippen LogP contribution in [0.3, 0.4) is 0 Å². The quantitative estimate of drug-likeness (QED) is 0.532. The predicted molar refractivity (Wildman–Crippen MR) is 110 cm³/mol. The van der Waals surface area contributed by atoms with Gasteiger partial charge in [-0.1, -0.05) is 11.2 Å². The van der Waals surface area contributed by atoms with Crippen molar-refractivity contribution in [3.05, 3.63) is 70.6 Å². The summed E-state index contributed by atoms with van der Waals surface area (Å²) in [6.45, 7) is 1.82. The van der Waals surface area contributed by atoms with Crippen LogP contribution in [-0.2, 0) is 6.54 Å². The molecule has 1 aliphatic heterocycles. The molecule has 1 saturated carbocycles. The normalized spacial score (nSPS) is 22.1. The summed E-state index contributed by atoms with van der Waals surface area (Å²) >= 11 is 0. The summed E-state index contributed by atoms with van der Waals surface area (Å²) in [5, 5.41) is 4.52. The van der Waals surface area contributed by atoms with Crippen molar-refractivity contribution in [3.63, 3.8) is 0 Å². The zero-order chi connectivity index (χ0) is 21.1. The van der Waals surface area contributed by atoms with Crippen LogP contribution in [0.15, 0.2) is 52.0 Å². The Labute approximate surface area is 175 Å². The van der Waals surface area contributed by atoms with Gasteiger partial charge >= 0.3 is 0 Å². The monoisotopic (exact) mass is 419 g/mol. The zero-order valence-electron chi connectivity index (χ0n) is 16.3. The Bertz CT molecular complexity index is 1360. The lowest BCUT2D eigenvalue weighted by Crippen LogP contribution is -2.23. The van der Waals surface area contributed by atoms with Crippen LogP contribution in [0.4, 0.5) is 15.9 Å². The molecule has 4 heterocycles. The Hall–Kier alpha value is -3.82. The number of pyridine rings is 1. The lowest BCUT2D eigenvalue weighted by molar-refractivity contribution is 0.363. The van der Waals surface area contributed by atoms with Gasteiger partial charge < -0.3 is 15.2 Å². The summed E-state index contributed by atoms with van der Waals surface area (Å²) in [4.78, 5) is 27.6. The molecule has 0 radical (unpaired) electrons. The van der Waals surface area contributed by atoms with Gasteiger partial charge in [0.1, 0.15) is 24.5 Å². The van der Waals surface area contributed by atoms with Gasteiger partial charge in [-0.05, 0) is 42.2 Å². The van der Waals surface area contributed by atoms with Gasteiger partial charge in [0.2, 0.25) is 5.89 Å². The highest BCUT2D eigenvalue weighted by atomic mass is 19.1. The standard InChI is InChI=1S/C21H18FN7O2/c22-11-2-1-3-12(6-11)28-7-14-15(8-28)18(14)20-26-17(31-27-20)9-29-10-24-19-13(21(29)30)4-5-16(23)25-19/h1-6,10,14-15,18H,7-9H2,(H2,23,25). The van der Waals surface area contributed by atoms with Crippen molar-refractivity contribution in [2.75, 3.05) is 23.7 Å². The molecule has 2 unspecified atom stereocenters. The lowest BCUT2D eigenvalue weighted by atomic mass is 10.2. The van der Waals surface area contributed by atoms with Crippen LogP contribution in [0, 0.1) is 17.7 Å². The first-order valence-corrected chi connectivity index (χ1v) is 10.0. The van der Waals surface area contributed by atoms with Crippen LogP contribution >= 0.6 is 0 Å². The van der Waals surface area contributed by atoms with E-state index >= 15 is 0 Å². The number of hydrogen-bond acceptors (Lipinski definition) is 8. The minimum absolute atomic E-state index is 0.136. The molecule has 0 amide bonds. The van der Waals surface area contributed by atoms with Gasteiger partial charge in [0, 0.05) is 24.7 Å². The summed E-state index contributed by atoms with van der Waals surface area (Å²) in [5.74, 6) is 2.19. The largest absolute Gasteiger partial charge is 0.384 e. The molecule has 2 aliphatic rings. The molecule has 1 saturated heterocycles. The van der Waals surface area contributed by atoms with Crippen molar-refractivity contribution in [3.8, 4) is 0 Å². The van der Waals surface area contributed by atoms with Crippen LogP contribution in [0.25, 0.3) is 11.0 Å². The highest BCUT2D eigenvalue weighted by molar-refractivity contribution is 5.74. The fourth-order valence-corrected chi connectivity index (χ4v) is 4.58. The summed E-state index contributed by atoms with van der Waals surface area (Å²) in [7, 11) is 0. The van der Waals surface area contributed by atoms with Gasteiger partial charge in [0.25, 0.3) is 5.56 Å². The Morgan fingerprint density at radius 3 is 2.81 bits per heavy atom. The van der Waals surface area contributed by atoms with Gasteiger partial charge in [0.05, 0.1) is 5.39 Å². The fraction of sp³-hybridized carbons (Fsp3) is 0.286.